The van der Waals surface area contributed by atoms with Gasteiger partial charge in [-0.2, -0.15) is 5.10 Å². The average molecular weight is 284 g/mol. The van der Waals surface area contributed by atoms with Gasteiger partial charge in [-0.05, 0) is 45.7 Å². The van der Waals surface area contributed by atoms with Gasteiger partial charge in [-0.25, -0.2) is 0 Å². The third-order valence-electron chi connectivity index (χ3n) is 4.30. The SMILES string of the molecule is CC(C)N(CC1CCCNC1)c1nncc2ccccc12. The minimum Gasteiger partial charge on any atom is -0.352 e. The Morgan fingerprint density at radius 1 is 1.33 bits per heavy atom. The zero-order chi connectivity index (χ0) is 14.7. The van der Waals surface area contributed by atoms with Crippen LogP contribution in [-0.4, -0.2) is 35.9 Å². The van der Waals surface area contributed by atoms with Gasteiger partial charge in [0.2, 0.25) is 0 Å². The molecular weight excluding hydrogens is 260 g/mol. The molecule has 4 heteroatoms. The van der Waals surface area contributed by atoms with Gasteiger partial charge in [0.15, 0.2) is 5.82 Å². The van der Waals surface area contributed by atoms with Gasteiger partial charge >= 0.3 is 0 Å². The van der Waals surface area contributed by atoms with Crippen molar-refractivity contribution >= 4 is 16.6 Å². The van der Waals surface area contributed by atoms with Gasteiger partial charge in [-0.3, -0.25) is 0 Å². The Morgan fingerprint density at radius 3 is 2.95 bits per heavy atom. The van der Waals surface area contributed by atoms with E-state index in [1.807, 2.05) is 6.20 Å². The molecule has 0 aliphatic carbocycles. The summed E-state index contributed by atoms with van der Waals surface area (Å²) in [6.45, 7) is 7.79. The molecule has 4 nitrogen and oxygen atoms in total. The van der Waals surface area contributed by atoms with E-state index in [0.717, 1.165) is 30.8 Å². The van der Waals surface area contributed by atoms with Crippen molar-refractivity contribution < 1.29 is 0 Å². The molecule has 2 heterocycles. The lowest BCUT2D eigenvalue weighted by atomic mass is 9.98. The van der Waals surface area contributed by atoms with E-state index in [4.69, 9.17) is 0 Å². The normalized spacial score (nSPS) is 19.1. The maximum Gasteiger partial charge on any atom is 0.159 e. The summed E-state index contributed by atoms with van der Waals surface area (Å²) < 4.78 is 0. The number of hydrogen-bond acceptors (Lipinski definition) is 4. The molecule has 0 radical (unpaired) electrons. The molecule has 1 N–H and O–H groups in total. The molecule has 0 spiro atoms. The quantitative estimate of drug-likeness (QED) is 0.937. The molecule has 21 heavy (non-hydrogen) atoms. The van der Waals surface area contributed by atoms with Gasteiger partial charge in [-0.15, -0.1) is 5.10 Å². The number of aromatic nitrogens is 2. The van der Waals surface area contributed by atoms with Crippen molar-refractivity contribution in [2.75, 3.05) is 24.5 Å². The molecule has 1 aromatic carbocycles. The molecule has 1 aliphatic rings. The fourth-order valence-electron chi connectivity index (χ4n) is 3.12. The van der Waals surface area contributed by atoms with Crippen LogP contribution in [0.1, 0.15) is 26.7 Å². The van der Waals surface area contributed by atoms with Crippen molar-refractivity contribution in [3.8, 4) is 0 Å². The Hall–Kier alpha value is -1.68. The molecule has 3 rings (SSSR count). The molecule has 1 fully saturated rings. The van der Waals surface area contributed by atoms with E-state index in [9.17, 15) is 0 Å². The summed E-state index contributed by atoms with van der Waals surface area (Å²) in [6.07, 6.45) is 4.42. The van der Waals surface area contributed by atoms with Crippen molar-refractivity contribution in [2.24, 2.45) is 5.92 Å². The number of hydrogen-bond donors (Lipinski definition) is 1. The van der Waals surface area contributed by atoms with Crippen LogP contribution in [0.25, 0.3) is 10.8 Å². The summed E-state index contributed by atoms with van der Waals surface area (Å²) in [4.78, 5) is 2.41. The van der Waals surface area contributed by atoms with Crippen LogP contribution >= 0.6 is 0 Å². The minimum atomic E-state index is 0.423. The maximum absolute atomic E-state index is 4.45. The molecule has 1 atom stereocenters. The molecule has 0 amide bonds. The van der Waals surface area contributed by atoms with Crippen molar-refractivity contribution in [1.82, 2.24) is 15.5 Å². The minimum absolute atomic E-state index is 0.423. The lowest BCUT2D eigenvalue weighted by Crippen LogP contribution is -2.41. The average Bonchev–Trinajstić information content (AvgIpc) is 2.53. The number of nitrogens with zero attached hydrogens (tertiary/aromatic N) is 3. The Kier molecular flexibility index (Phi) is 4.34. The molecule has 1 unspecified atom stereocenters. The first-order valence-electron chi connectivity index (χ1n) is 7.93. The second kappa shape index (κ2) is 6.39. The van der Waals surface area contributed by atoms with E-state index < -0.39 is 0 Å². The van der Waals surface area contributed by atoms with Crippen LogP contribution in [0.15, 0.2) is 30.5 Å². The fourth-order valence-corrected chi connectivity index (χ4v) is 3.12. The second-order valence-corrected chi connectivity index (χ2v) is 6.21. The van der Waals surface area contributed by atoms with Gasteiger partial charge in [0.1, 0.15) is 0 Å². The predicted octanol–water partition coefficient (Wildman–Crippen LogP) is 2.84. The fraction of sp³-hybridized carbons (Fsp3) is 0.529. The van der Waals surface area contributed by atoms with E-state index in [1.165, 1.54) is 18.2 Å². The molecule has 0 bridgehead atoms. The largest absolute Gasteiger partial charge is 0.352 e. The summed E-state index contributed by atoms with van der Waals surface area (Å²) >= 11 is 0. The number of fused-ring (bicyclic) bond motifs is 1. The van der Waals surface area contributed by atoms with Crippen molar-refractivity contribution in [1.29, 1.82) is 0 Å². The first-order chi connectivity index (χ1) is 10.3. The Bertz CT molecular complexity index is 585. The Labute approximate surface area is 126 Å². The van der Waals surface area contributed by atoms with Crippen LogP contribution in [0.4, 0.5) is 5.82 Å². The second-order valence-electron chi connectivity index (χ2n) is 6.21. The molecular formula is C17H24N4. The molecule has 2 aromatic rings. The van der Waals surface area contributed by atoms with E-state index in [2.05, 4.69) is 58.5 Å². The van der Waals surface area contributed by atoms with Crippen LogP contribution in [-0.2, 0) is 0 Å². The zero-order valence-corrected chi connectivity index (χ0v) is 12.9. The predicted molar refractivity (Wildman–Crippen MR) is 87.6 cm³/mol. The van der Waals surface area contributed by atoms with Crippen molar-refractivity contribution in [3.05, 3.63) is 30.5 Å². The van der Waals surface area contributed by atoms with Crippen LogP contribution in [0.3, 0.4) is 0 Å². The topological polar surface area (TPSA) is 41.0 Å². The van der Waals surface area contributed by atoms with Crippen molar-refractivity contribution in [3.63, 3.8) is 0 Å². The molecule has 1 aliphatic heterocycles. The summed E-state index contributed by atoms with van der Waals surface area (Å²) in [6, 6.07) is 8.81. The van der Waals surface area contributed by atoms with E-state index in [0.29, 0.717) is 12.0 Å². The summed E-state index contributed by atoms with van der Waals surface area (Å²) in [5.41, 5.74) is 0. The highest BCUT2D eigenvalue weighted by molar-refractivity contribution is 5.91. The van der Waals surface area contributed by atoms with Crippen LogP contribution in [0, 0.1) is 5.92 Å². The van der Waals surface area contributed by atoms with Gasteiger partial charge in [0.05, 0.1) is 6.20 Å². The lowest BCUT2D eigenvalue weighted by Gasteiger charge is -2.34. The van der Waals surface area contributed by atoms with E-state index in [-0.39, 0.29) is 0 Å². The first-order valence-corrected chi connectivity index (χ1v) is 7.93. The van der Waals surface area contributed by atoms with Crippen LogP contribution in [0.5, 0.6) is 0 Å². The third-order valence-corrected chi connectivity index (χ3v) is 4.30. The molecule has 0 saturated carbocycles. The highest BCUT2D eigenvalue weighted by atomic mass is 15.3. The molecule has 112 valence electrons. The maximum atomic E-state index is 4.45. The number of rotatable bonds is 4. The first kappa shape index (κ1) is 14.3. The summed E-state index contributed by atoms with van der Waals surface area (Å²) in [5, 5.41) is 14.5. The Balaban J connectivity index is 1.91. The molecule has 1 aromatic heterocycles. The number of piperidine rings is 1. The van der Waals surface area contributed by atoms with Gasteiger partial charge in [-0.1, -0.05) is 24.3 Å². The van der Waals surface area contributed by atoms with Crippen LogP contribution in [0.2, 0.25) is 0 Å². The van der Waals surface area contributed by atoms with Crippen LogP contribution < -0.4 is 10.2 Å². The highest BCUT2D eigenvalue weighted by Gasteiger charge is 2.21. The highest BCUT2D eigenvalue weighted by Crippen LogP contribution is 2.26. The molecule has 1 saturated heterocycles. The zero-order valence-electron chi connectivity index (χ0n) is 12.9. The summed E-state index contributed by atoms with van der Waals surface area (Å²) in [7, 11) is 0. The monoisotopic (exact) mass is 284 g/mol. The third kappa shape index (κ3) is 3.16. The Morgan fingerprint density at radius 2 is 2.19 bits per heavy atom. The van der Waals surface area contributed by atoms with E-state index in [1.54, 1.807) is 0 Å². The van der Waals surface area contributed by atoms with Gasteiger partial charge < -0.3 is 10.2 Å². The van der Waals surface area contributed by atoms with Crippen molar-refractivity contribution in [2.45, 2.75) is 32.7 Å². The summed E-state index contributed by atoms with van der Waals surface area (Å²) in [5.74, 6) is 1.72. The smallest absolute Gasteiger partial charge is 0.159 e. The van der Waals surface area contributed by atoms with E-state index >= 15 is 0 Å². The number of benzene rings is 1. The van der Waals surface area contributed by atoms with Gasteiger partial charge in [0.25, 0.3) is 0 Å². The van der Waals surface area contributed by atoms with Gasteiger partial charge in [0, 0.05) is 23.4 Å². The lowest BCUT2D eigenvalue weighted by molar-refractivity contribution is 0.370. The number of nitrogens with one attached hydrogen (secondary N) is 1. The number of anilines is 1. The standard InChI is InChI=1S/C17H24N4/c1-13(2)21(12-14-6-5-9-18-10-14)17-16-8-4-3-7-15(16)11-19-20-17/h3-4,7-8,11,13-14,18H,5-6,9-10,12H2,1-2H3.